The molecule has 2 aliphatic rings. The molecule has 1 fully saturated rings. The number of aryl methyl sites for hydroxylation is 2. The van der Waals surface area contributed by atoms with Crippen molar-refractivity contribution in [1.82, 2.24) is 4.90 Å². The maximum Gasteiger partial charge on any atom is 0.261 e. The minimum Gasteiger partial charge on any atom is -0.376 e. The average Bonchev–Trinajstić information content (AvgIpc) is 3.36. The van der Waals surface area contributed by atoms with Crippen LogP contribution < -0.4 is 5.32 Å². The Hall–Kier alpha value is -2.99. The lowest BCUT2D eigenvalue weighted by Gasteiger charge is -2.17. The van der Waals surface area contributed by atoms with E-state index in [9.17, 15) is 14.4 Å². The van der Waals surface area contributed by atoms with Gasteiger partial charge in [-0.25, -0.2) is 0 Å². The van der Waals surface area contributed by atoms with Crippen LogP contribution >= 0.6 is 0 Å². The minimum atomic E-state index is -0.358. The fourth-order valence-electron chi connectivity index (χ4n) is 4.18. The Morgan fingerprint density at radius 2 is 1.77 bits per heavy atom. The average molecular weight is 406 g/mol. The summed E-state index contributed by atoms with van der Waals surface area (Å²) in [7, 11) is 0. The van der Waals surface area contributed by atoms with E-state index in [1.165, 1.54) is 11.0 Å². The van der Waals surface area contributed by atoms with Gasteiger partial charge in [0, 0.05) is 17.9 Å². The van der Waals surface area contributed by atoms with Gasteiger partial charge in [-0.15, -0.1) is 0 Å². The summed E-state index contributed by atoms with van der Waals surface area (Å²) >= 11 is 0. The second-order valence-electron chi connectivity index (χ2n) is 7.73. The van der Waals surface area contributed by atoms with E-state index in [4.69, 9.17) is 4.74 Å². The monoisotopic (exact) mass is 406 g/mol. The lowest BCUT2D eigenvalue weighted by atomic mass is 10.0. The molecule has 156 valence electrons. The van der Waals surface area contributed by atoms with Crippen LogP contribution in [0.25, 0.3) is 0 Å². The predicted octanol–water partition coefficient (Wildman–Crippen LogP) is 3.84. The Bertz CT molecular complexity index is 986. The van der Waals surface area contributed by atoms with Crippen LogP contribution in [-0.2, 0) is 17.6 Å². The lowest BCUT2D eigenvalue weighted by Crippen LogP contribution is -2.36. The molecule has 2 aromatic rings. The van der Waals surface area contributed by atoms with Gasteiger partial charge in [-0.05, 0) is 55.0 Å². The summed E-state index contributed by atoms with van der Waals surface area (Å²) in [6.07, 6.45) is 3.29. The van der Waals surface area contributed by atoms with Crippen molar-refractivity contribution < 1.29 is 19.1 Å². The van der Waals surface area contributed by atoms with Gasteiger partial charge in [-0.3, -0.25) is 19.3 Å². The first-order valence-corrected chi connectivity index (χ1v) is 10.6. The Labute approximate surface area is 176 Å². The van der Waals surface area contributed by atoms with Crippen molar-refractivity contribution in [3.63, 3.8) is 0 Å². The molecule has 1 atom stereocenters. The third-order valence-corrected chi connectivity index (χ3v) is 5.88. The molecule has 0 radical (unpaired) electrons. The van der Waals surface area contributed by atoms with Crippen LogP contribution in [0.3, 0.4) is 0 Å². The highest BCUT2D eigenvalue weighted by Crippen LogP contribution is 2.27. The van der Waals surface area contributed by atoms with Crippen LogP contribution in [0, 0.1) is 0 Å². The Morgan fingerprint density at radius 3 is 2.40 bits per heavy atom. The third-order valence-electron chi connectivity index (χ3n) is 5.88. The van der Waals surface area contributed by atoms with Crippen molar-refractivity contribution in [2.24, 2.45) is 0 Å². The first-order valence-electron chi connectivity index (χ1n) is 10.6. The fraction of sp³-hybridized carbons (Fsp3) is 0.375. The molecule has 0 bridgehead atoms. The zero-order valence-electron chi connectivity index (χ0n) is 17.4. The van der Waals surface area contributed by atoms with Gasteiger partial charge in [0.05, 0.1) is 23.8 Å². The largest absolute Gasteiger partial charge is 0.376 e. The van der Waals surface area contributed by atoms with Gasteiger partial charge in [0.15, 0.2) is 0 Å². The third kappa shape index (κ3) is 3.63. The number of imide groups is 1. The van der Waals surface area contributed by atoms with Crippen molar-refractivity contribution in [2.45, 2.75) is 45.6 Å². The normalized spacial score (nSPS) is 18.1. The number of nitrogens with one attached hydrogen (secondary N) is 1. The van der Waals surface area contributed by atoms with E-state index in [2.05, 4.69) is 5.32 Å². The highest BCUT2D eigenvalue weighted by molar-refractivity contribution is 6.22. The Kier molecular flexibility index (Phi) is 5.68. The first-order chi connectivity index (χ1) is 14.5. The smallest absolute Gasteiger partial charge is 0.261 e. The molecule has 3 amide bonds. The summed E-state index contributed by atoms with van der Waals surface area (Å²) in [6, 6.07) is 10.7. The summed E-state index contributed by atoms with van der Waals surface area (Å²) in [5.41, 5.74) is 3.95. The highest BCUT2D eigenvalue weighted by Gasteiger charge is 2.38. The highest BCUT2D eigenvalue weighted by atomic mass is 16.5. The van der Waals surface area contributed by atoms with Crippen molar-refractivity contribution >= 4 is 23.4 Å². The summed E-state index contributed by atoms with van der Waals surface area (Å²) < 4.78 is 5.57. The number of rotatable bonds is 6. The standard InChI is InChI=1S/C24H26N2O4/c1-3-15-7-5-8-16(4-2)21(15)25-22(27)17-10-11-19-20(13-17)24(29)26(23(19)28)14-18-9-6-12-30-18/h5,7-8,10-11,13,18H,3-4,6,9,12,14H2,1-2H3,(H,25,27). The van der Waals surface area contributed by atoms with E-state index < -0.39 is 0 Å². The van der Waals surface area contributed by atoms with Crippen LogP contribution in [-0.4, -0.2) is 41.9 Å². The van der Waals surface area contributed by atoms with Crippen LogP contribution in [0.5, 0.6) is 0 Å². The van der Waals surface area contributed by atoms with E-state index in [1.807, 2.05) is 32.0 Å². The zero-order chi connectivity index (χ0) is 21.3. The van der Waals surface area contributed by atoms with Crippen molar-refractivity contribution in [2.75, 3.05) is 18.5 Å². The molecule has 1 N–H and O–H groups in total. The molecule has 0 spiro atoms. The fourth-order valence-corrected chi connectivity index (χ4v) is 4.18. The summed E-state index contributed by atoms with van der Waals surface area (Å²) in [5, 5.41) is 3.02. The summed E-state index contributed by atoms with van der Waals surface area (Å²) in [5.74, 6) is -0.961. The van der Waals surface area contributed by atoms with Gasteiger partial charge in [0.1, 0.15) is 0 Å². The van der Waals surface area contributed by atoms with Crippen molar-refractivity contribution in [1.29, 1.82) is 0 Å². The predicted molar refractivity (Wildman–Crippen MR) is 114 cm³/mol. The number of benzene rings is 2. The molecule has 6 heteroatoms. The van der Waals surface area contributed by atoms with Gasteiger partial charge in [0.25, 0.3) is 17.7 Å². The number of carbonyl (C=O) groups is 3. The van der Waals surface area contributed by atoms with Gasteiger partial charge in [-0.2, -0.15) is 0 Å². The van der Waals surface area contributed by atoms with E-state index in [0.717, 1.165) is 42.5 Å². The molecular formula is C24H26N2O4. The molecule has 4 rings (SSSR count). The maximum absolute atomic E-state index is 13.0. The van der Waals surface area contributed by atoms with Gasteiger partial charge in [-0.1, -0.05) is 32.0 Å². The van der Waals surface area contributed by atoms with Crippen LogP contribution in [0.4, 0.5) is 5.69 Å². The number of fused-ring (bicyclic) bond motifs is 1. The van der Waals surface area contributed by atoms with Crippen LogP contribution in [0.1, 0.15) is 68.9 Å². The number of anilines is 1. The molecule has 0 saturated carbocycles. The Morgan fingerprint density at radius 1 is 1.07 bits per heavy atom. The van der Waals surface area contributed by atoms with E-state index in [0.29, 0.717) is 17.7 Å². The second kappa shape index (κ2) is 8.40. The van der Waals surface area contributed by atoms with Crippen molar-refractivity contribution in [3.05, 3.63) is 64.2 Å². The quantitative estimate of drug-likeness (QED) is 0.740. The van der Waals surface area contributed by atoms with Gasteiger partial charge >= 0.3 is 0 Å². The number of nitrogens with zero attached hydrogens (tertiary/aromatic N) is 1. The van der Waals surface area contributed by atoms with Gasteiger partial charge in [0.2, 0.25) is 0 Å². The number of amides is 3. The molecule has 2 heterocycles. The molecular weight excluding hydrogens is 380 g/mol. The van der Waals surface area contributed by atoms with E-state index in [1.54, 1.807) is 12.1 Å². The molecule has 2 aromatic carbocycles. The molecule has 0 aromatic heterocycles. The molecule has 1 unspecified atom stereocenters. The van der Waals surface area contributed by atoms with Gasteiger partial charge < -0.3 is 10.1 Å². The number of para-hydroxylation sites is 1. The first kappa shape index (κ1) is 20.3. The number of ether oxygens (including phenoxy) is 1. The molecule has 30 heavy (non-hydrogen) atoms. The second-order valence-corrected chi connectivity index (χ2v) is 7.73. The SMILES string of the molecule is CCc1cccc(CC)c1NC(=O)c1ccc2c(c1)C(=O)N(CC1CCCO1)C2=O. The van der Waals surface area contributed by atoms with E-state index >= 15 is 0 Å². The summed E-state index contributed by atoms with van der Waals surface area (Å²) in [6.45, 7) is 5.02. The molecule has 0 aliphatic carbocycles. The summed E-state index contributed by atoms with van der Waals surface area (Å²) in [4.78, 5) is 39.7. The zero-order valence-corrected chi connectivity index (χ0v) is 17.4. The Balaban J connectivity index is 1.57. The molecule has 1 saturated heterocycles. The maximum atomic E-state index is 13.0. The molecule has 2 aliphatic heterocycles. The van der Waals surface area contributed by atoms with Crippen LogP contribution in [0.2, 0.25) is 0 Å². The lowest BCUT2D eigenvalue weighted by molar-refractivity contribution is 0.0475. The molecule has 6 nitrogen and oxygen atoms in total. The van der Waals surface area contributed by atoms with Crippen LogP contribution in [0.15, 0.2) is 36.4 Å². The van der Waals surface area contributed by atoms with E-state index in [-0.39, 0.29) is 35.9 Å². The van der Waals surface area contributed by atoms with Crippen molar-refractivity contribution in [3.8, 4) is 0 Å². The number of hydrogen-bond acceptors (Lipinski definition) is 4. The number of carbonyl (C=O) groups excluding carboxylic acids is 3. The number of hydrogen-bond donors (Lipinski definition) is 1. The minimum absolute atomic E-state index is 0.104. The topological polar surface area (TPSA) is 75.7 Å².